The van der Waals surface area contributed by atoms with Crippen LogP contribution in [0, 0.1) is 12.8 Å². The molecule has 2 heterocycles. The SMILES string of the molecule is Cc1nc(CN2CCC(CN(C)S(=O)(=O)C3CC3)CC2)cs1. The van der Waals surface area contributed by atoms with Gasteiger partial charge in [-0.2, -0.15) is 0 Å². The zero-order valence-electron chi connectivity index (χ0n) is 13.4. The molecule has 0 unspecified atom stereocenters. The number of hydrogen-bond acceptors (Lipinski definition) is 5. The van der Waals surface area contributed by atoms with Gasteiger partial charge in [0.15, 0.2) is 0 Å². The first-order valence-corrected chi connectivity index (χ1v) is 10.4. The van der Waals surface area contributed by atoms with Gasteiger partial charge in [0.25, 0.3) is 0 Å². The van der Waals surface area contributed by atoms with Gasteiger partial charge < -0.3 is 0 Å². The second-order valence-electron chi connectivity index (χ2n) is 6.60. The third-order valence-electron chi connectivity index (χ3n) is 4.65. The van der Waals surface area contributed by atoms with Gasteiger partial charge in [0, 0.05) is 25.5 Å². The molecule has 1 saturated carbocycles. The number of aromatic nitrogens is 1. The lowest BCUT2D eigenvalue weighted by molar-refractivity contribution is 0.165. The van der Waals surface area contributed by atoms with Crippen molar-refractivity contribution in [2.75, 3.05) is 26.7 Å². The van der Waals surface area contributed by atoms with Crippen molar-refractivity contribution in [3.8, 4) is 0 Å². The average molecular weight is 344 g/mol. The maximum Gasteiger partial charge on any atom is 0.216 e. The molecule has 2 aliphatic rings. The van der Waals surface area contributed by atoms with E-state index in [-0.39, 0.29) is 5.25 Å². The second-order valence-corrected chi connectivity index (χ2v) is 9.98. The van der Waals surface area contributed by atoms with E-state index in [1.54, 1.807) is 22.7 Å². The standard InChI is InChI=1S/C15H25N3O2S2/c1-12-16-14(11-21-12)10-18-7-5-13(6-8-18)9-17(2)22(19,20)15-3-4-15/h11,13,15H,3-10H2,1-2H3. The summed E-state index contributed by atoms with van der Waals surface area (Å²) >= 11 is 1.70. The molecule has 0 radical (unpaired) electrons. The van der Waals surface area contributed by atoms with E-state index in [1.165, 1.54) is 0 Å². The molecule has 0 bridgehead atoms. The van der Waals surface area contributed by atoms with Crippen molar-refractivity contribution in [2.45, 2.75) is 44.4 Å². The average Bonchev–Trinajstić information content (AvgIpc) is 3.26. The van der Waals surface area contributed by atoms with E-state index in [2.05, 4.69) is 15.3 Å². The van der Waals surface area contributed by atoms with Crippen LogP contribution in [0.5, 0.6) is 0 Å². The van der Waals surface area contributed by atoms with Crippen LogP contribution in [0.25, 0.3) is 0 Å². The Balaban J connectivity index is 1.45. The fourth-order valence-electron chi connectivity index (χ4n) is 3.12. The van der Waals surface area contributed by atoms with Gasteiger partial charge in [0.2, 0.25) is 10.0 Å². The number of nitrogens with zero attached hydrogens (tertiary/aromatic N) is 3. The zero-order chi connectivity index (χ0) is 15.7. The van der Waals surface area contributed by atoms with E-state index >= 15 is 0 Å². The largest absolute Gasteiger partial charge is 0.297 e. The summed E-state index contributed by atoms with van der Waals surface area (Å²) < 4.78 is 26.0. The van der Waals surface area contributed by atoms with E-state index in [0.29, 0.717) is 12.5 Å². The Morgan fingerprint density at radius 2 is 2.00 bits per heavy atom. The highest BCUT2D eigenvalue weighted by atomic mass is 32.2. The van der Waals surface area contributed by atoms with Crippen LogP contribution in [0.1, 0.15) is 36.4 Å². The molecule has 7 heteroatoms. The summed E-state index contributed by atoms with van der Waals surface area (Å²) in [6, 6.07) is 0. The monoisotopic (exact) mass is 343 g/mol. The fraction of sp³-hybridized carbons (Fsp3) is 0.800. The summed E-state index contributed by atoms with van der Waals surface area (Å²) in [6.07, 6.45) is 3.84. The van der Waals surface area contributed by atoms with Crippen LogP contribution in [0.3, 0.4) is 0 Å². The Hall–Kier alpha value is -0.500. The van der Waals surface area contributed by atoms with Crippen LogP contribution in [0.15, 0.2) is 5.38 Å². The predicted molar refractivity (Wildman–Crippen MR) is 89.4 cm³/mol. The minimum absolute atomic E-state index is 0.0921. The molecular weight excluding hydrogens is 318 g/mol. The van der Waals surface area contributed by atoms with Gasteiger partial charge in [-0.1, -0.05) is 0 Å². The topological polar surface area (TPSA) is 53.5 Å². The number of rotatable bonds is 6. The molecule has 3 rings (SSSR count). The van der Waals surface area contributed by atoms with Crippen molar-refractivity contribution in [1.29, 1.82) is 0 Å². The van der Waals surface area contributed by atoms with Crippen LogP contribution in [-0.2, 0) is 16.6 Å². The molecule has 1 aromatic heterocycles. The first-order valence-electron chi connectivity index (χ1n) is 8.03. The fourth-order valence-corrected chi connectivity index (χ4v) is 5.39. The molecule has 0 amide bonds. The maximum absolute atomic E-state index is 12.2. The summed E-state index contributed by atoms with van der Waals surface area (Å²) in [5, 5.41) is 3.17. The lowest BCUT2D eigenvalue weighted by atomic mass is 9.97. The van der Waals surface area contributed by atoms with E-state index in [1.807, 2.05) is 6.92 Å². The van der Waals surface area contributed by atoms with E-state index in [4.69, 9.17) is 0 Å². The number of likely N-dealkylation sites (tertiary alicyclic amines) is 1. The number of thiazole rings is 1. The Kier molecular flexibility index (Phi) is 4.87. The molecule has 5 nitrogen and oxygen atoms in total. The van der Waals surface area contributed by atoms with Gasteiger partial charge in [0.1, 0.15) is 0 Å². The quantitative estimate of drug-likeness (QED) is 0.794. The molecule has 22 heavy (non-hydrogen) atoms. The summed E-state index contributed by atoms with van der Waals surface area (Å²) in [5.41, 5.74) is 1.16. The molecule has 2 fully saturated rings. The van der Waals surface area contributed by atoms with Crippen LogP contribution in [0.4, 0.5) is 0 Å². The highest BCUT2D eigenvalue weighted by molar-refractivity contribution is 7.90. The van der Waals surface area contributed by atoms with E-state index < -0.39 is 10.0 Å². The zero-order valence-corrected chi connectivity index (χ0v) is 15.0. The molecule has 1 aliphatic carbocycles. The lowest BCUT2D eigenvalue weighted by Gasteiger charge is -2.33. The number of hydrogen-bond donors (Lipinski definition) is 0. The normalized spacial score (nSPS) is 21.6. The van der Waals surface area contributed by atoms with Crippen LogP contribution >= 0.6 is 11.3 Å². The summed E-state index contributed by atoms with van der Waals surface area (Å²) in [4.78, 5) is 6.95. The number of aryl methyl sites for hydroxylation is 1. The molecule has 1 aromatic rings. The van der Waals surface area contributed by atoms with E-state index in [0.717, 1.165) is 56.0 Å². The van der Waals surface area contributed by atoms with E-state index in [9.17, 15) is 8.42 Å². The predicted octanol–water partition coefficient (Wildman–Crippen LogP) is 2.09. The van der Waals surface area contributed by atoms with Gasteiger partial charge >= 0.3 is 0 Å². The molecule has 0 aromatic carbocycles. The molecule has 0 atom stereocenters. The molecular formula is C15H25N3O2S2. The Morgan fingerprint density at radius 3 is 2.55 bits per heavy atom. The summed E-state index contributed by atoms with van der Waals surface area (Å²) in [5.74, 6) is 0.493. The summed E-state index contributed by atoms with van der Waals surface area (Å²) in [6.45, 7) is 5.73. The third-order valence-corrected chi connectivity index (χ3v) is 7.81. The number of piperidine rings is 1. The first-order chi connectivity index (χ1) is 10.4. The highest BCUT2D eigenvalue weighted by Crippen LogP contribution is 2.31. The van der Waals surface area contributed by atoms with Gasteiger partial charge in [0.05, 0.1) is 16.0 Å². The van der Waals surface area contributed by atoms with Gasteiger partial charge in [-0.15, -0.1) is 11.3 Å². The van der Waals surface area contributed by atoms with Crippen LogP contribution < -0.4 is 0 Å². The minimum Gasteiger partial charge on any atom is -0.297 e. The molecule has 1 aliphatic heterocycles. The van der Waals surface area contributed by atoms with Crippen LogP contribution in [0.2, 0.25) is 0 Å². The van der Waals surface area contributed by atoms with Crippen molar-refractivity contribution in [3.63, 3.8) is 0 Å². The smallest absolute Gasteiger partial charge is 0.216 e. The summed E-state index contributed by atoms with van der Waals surface area (Å²) in [7, 11) is -1.27. The third kappa shape index (κ3) is 3.88. The van der Waals surface area contributed by atoms with Crippen LogP contribution in [-0.4, -0.2) is 54.5 Å². The van der Waals surface area contributed by atoms with Crippen molar-refractivity contribution in [3.05, 3.63) is 16.1 Å². The van der Waals surface area contributed by atoms with Gasteiger partial charge in [-0.25, -0.2) is 17.7 Å². The highest BCUT2D eigenvalue weighted by Gasteiger charge is 2.39. The second kappa shape index (κ2) is 6.55. The number of sulfonamides is 1. The lowest BCUT2D eigenvalue weighted by Crippen LogP contribution is -2.40. The van der Waals surface area contributed by atoms with Crippen molar-refractivity contribution >= 4 is 21.4 Å². The van der Waals surface area contributed by atoms with Crippen molar-refractivity contribution in [2.24, 2.45) is 5.92 Å². The molecule has 0 N–H and O–H groups in total. The Bertz CT molecular complexity index is 602. The Morgan fingerprint density at radius 1 is 1.32 bits per heavy atom. The minimum atomic E-state index is -3.01. The maximum atomic E-state index is 12.2. The molecule has 0 spiro atoms. The molecule has 124 valence electrons. The molecule has 1 saturated heterocycles. The van der Waals surface area contributed by atoms with Crippen molar-refractivity contribution in [1.82, 2.24) is 14.2 Å². The van der Waals surface area contributed by atoms with Gasteiger partial charge in [-0.3, -0.25) is 4.90 Å². The first kappa shape index (κ1) is 16.4. The van der Waals surface area contributed by atoms with Gasteiger partial charge in [-0.05, 0) is 51.6 Å². The van der Waals surface area contributed by atoms with Crippen molar-refractivity contribution < 1.29 is 8.42 Å². The Labute approximate surface area is 137 Å².